The molecule has 0 bridgehead atoms. The van der Waals surface area contributed by atoms with Gasteiger partial charge < -0.3 is 15.2 Å². The lowest BCUT2D eigenvalue weighted by molar-refractivity contribution is -0.385. The summed E-state index contributed by atoms with van der Waals surface area (Å²) >= 11 is 0. The van der Waals surface area contributed by atoms with E-state index in [4.69, 9.17) is 15.2 Å². The second-order valence-electron chi connectivity index (χ2n) is 7.47. The molecular weight excluding hydrogens is 414 g/mol. The van der Waals surface area contributed by atoms with Gasteiger partial charge in [-0.2, -0.15) is 0 Å². The van der Waals surface area contributed by atoms with Crippen LogP contribution < -0.4 is 20.5 Å². The van der Waals surface area contributed by atoms with Crippen molar-refractivity contribution in [1.29, 1.82) is 0 Å². The number of hydrogen-bond acceptors (Lipinski definition) is 9. The Bertz CT molecular complexity index is 1100. The molecule has 2 heterocycles. The number of fused-ring (bicyclic) bond motifs is 1. The highest BCUT2D eigenvalue weighted by Gasteiger charge is 2.31. The molecule has 1 unspecified atom stereocenters. The molecule has 2 aromatic carbocycles. The molecule has 0 radical (unpaired) electrons. The van der Waals surface area contributed by atoms with Crippen LogP contribution in [0.5, 0.6) is 11.5 Å². The van der Waals surface area contributed by atoms with E-state index in [9.17, 15) is 10.1 Å². The maximum Gasteiger partial charge on any atom is 0.278 e. The molecule has 0 amide bonds. The molecule has 168 valence electrons. The highest BCUT2D eigenvalue weighted by atomic mass is 16.7. The van der Waals surface area contributed by atoms with Crippen molar-refractivity contribution in [2.24, 2.45) is 5.73 Å². The van der Waals surface area contributed by atoms with Crippen molar-refractivity contribution in [3.05, 3.63) is 69.0 Å². The van der Waals surface area contributed by atoms with Crippen LogP contribution in [0, 0.1) is 10.1 Å². The van der Waals surface area contributed by atoms with Gasteiger partial charge in [-0.1, -0.05) is 37.6 Å². The second kappa shape index (κ2) is 9.71. The molecule has 1 atom stereocenters. The standard InChI is InChI=1S/C21H25N7O4/c1-2-3-7-27-21(24-25-26-27)20(23-12-15-6-4-5-14(8-15)11-22)16-9-18-19(32-13-31-18)10-17(16)28(29)30/h4-6,8-10,20,23H,2-3,7,11-13,22H2,1H3. The first-order valence-electron chi connectivity index (χ1n) is 10.5. The summed E-state index contributed by atoms with van der Waals surface area (Å²) in [6.07, 6.45) is 1.85. The number of nitrogens with two attached hydrogens (primary N) is 1. The van der Waals surface area contributed by atoms with E-state index in [0.717, 1.165) is 24.0 Å². The van der Waals surface area contributed by atoms with Crippen LogP contribution in [0.3, 0.4) is 0 Å². The molecule has 3 aromatic rings. The number of nitro benzene ring substituents is 1. The number of benzene rings is 2. The molecule has 11 heteroatoms. The summed E-state index contributed by atoms with van der Waals surface area (Å²) in [7, 11) is 0. The molecule has 0 saturated carbocycles. The van der Waals surface area contributed by atoms with Gasteiger partial charge in [0, 0.05) is 19.6 Å². The zero-order chi connectivity index (χ0) is 22.5. The Morgan fingerprint density at radius 1 is 1.25 bits per heavy atom. The van der Waals surface area contributed by atoms with E-state index in [1.54, 1.807) is 10.7 Å². The summed E-state index contributed by atoms with van der Waals surface area (Å²) in [5, 5.41) is 27.5. The fourth-order valence-electron chi connectivity index (χ4n) is 3.65. The van der Waals surface area contributed by atoms with E-state index in [2.05, 4.69) is 27.8 Å². The normalized spacial score (nSPS) is 13.3. The van der Waals surface area contributed by atoms with Crippen LogP contribution in [-0.2, 0) is 19.6 Å². The van der Waals surface area contributed by atoms with Crippen molar-refractivity contribution in [3.63, 3.8) is 0 Å². The number of aromatic nitrogens is 4. The van der Waals surface area contributed by atoms with Crippen molar-refractivity contribution in [2.75, 3.05) is 6.79 Å². The largest absolute Gasteiger partial charge is 0.454 e. The molecule has 4 rings (SSSR count). The lowest BCUT2D eigenvalue weighted by Gasteiger charge is -2.19. The van der Waals surface area contributed by atoms with Crippen molar-refractivity contribution >= 4 is 5.69 Å². The van der Waals surface area contributed by atoms with Crippen LogP contribution in [0.1, 0.15) is 48.3 Å². The molecule has 32 heavy (non-hydrogen) atoms. The van der Waals surface area contributed by atoms with Gasteiger partial charge in [0.25, 0.3) is 5.69 Å². The summed E-state index contributed by atoms with van der Waals surface area (Å²) < 4.78 is 12.5. The van der Waals surface area contributed by atoms with Gasteiger partial charge in [0.1, 0.15) is 6.04 Å². The smallest absolute Gasteiger partial charge is 0.278 e. The minimum absolute atomic E-state index is 0.0220. The fourth-order valence-corrected chi connectivity index (χ4v) is 3.65. The third-order valence-corrected chi connectivity index (χ3v) is 5.31. The van der Waals surface area contributed by atoms with E-state index >= 15 is 0 Å². The van der Waals surface area contributed by atoms with Gasteiger partial charge in [-0.05, 0) is 34.0 Å². The molecule has 0 saturated heterocycles. The number of unbranched alkanes of at least 4 members (excludes halogenated alkanes) is 1. The Hall–Kier alpha value is -3.57. The van der Waals surface area contributed by atoms with Crippen molar-refractivity contribution in [2.45, 2.75) is 45.4 Å². The number of nitrogens with one attached hydrogen (secondary N) is 1. The first-order valence-corrected chi connectivity index (χ1v) is 10.5. The average molecular weight is 439 g/mol. The highest BCUT2D eigenvalue weighted by Crippen LogP contribution is 2.41. The number of hydrogen-bond donors (Lipinski definition) is 2. The molecule has 0 fully saturated rings. The molecule has 3 N–H and O–H groups in total. The first kappa shape index (κ1) is 21.7. The Morgan fingerprint density at radius 3 is 2.78 bits per heavy atom. The lowest BCUT2D eigenvalue weighted by Crippen LogP contribution is -2.26. The minimum atomic E-state index is -0.640. The average Bonchev–Trinajstić information content (AvgIpc) is 3.46. The summed E-state index contributed by atoms with van der Waals surface area (Å²) in [5.41, 5.74) is 8.07. The second-order valence-corrected chi connectivity index (χ2v) is 7.47. The van der Waals surface area contributed by atoms with Crippen LogP contribution in [0.15, 0.2) is 36.4 Å². The van der Waals surface area contributed by atoms with Crippen LogP contribution >= 0.6 is 0 Å². The number of aryl methyl sites for hydroxylation is 1. The van der Waals surface area contributed by atoms with Gasteiger partial charge in [-0.3, -0.25) is 15.4 Å². The lowest BCUT2D eigenvalue weighted by atomic mass is 10.0. The summed E-state index contributed by atoms with van der Waals surface area (Å²) in [4.78, 5) is 11.5. The van der Waals surface area contributed by atoms with E-state index < -0.39 is 11.0 Å². The number of rotatable bonds is 10. The number of tetrazole rings is 1. The summed E-state index contributed by atoms with van der Waals surface area (Å²) in [6, 6.07) is 10.2. The highest BCUT2D eigenvalue weighted by molar-refractivity contribution is 5.57. The zero-order valence-corrected chi connectivity index (χ0v) is 17.7. The predicted octanol–water partition coefficient (Wildman–Crippen LogP) is 2.45. The molecule has 0 spiro atoms. The predicted molar refractivity (Wildman–Crippen MR) is 115 cm³/mol. The third kappa shape index (κ3) is 4.53. The Kier molecular flexibility index (Phi) is 6.57. The monoisotopic (exact) mass is 439 g/mol. The van der Waals surface area contributed by atoms with Gasteiger partial charge in [-0.25, -0.2) is 4.68 Å². The quantitative estimate of drug-likeness (QED) is 0.359. The molecule has 11 nitrogen and oxygen atoms in total. The van der Waals surface area contributed by atoms with E-state index in [1.807, 2.05) is 24.3 Å². The first-order chi connectivity index (χ1) is 15.6. The molecule has 0 aliphatic carbocycles. The van der Waals surface area contributed by atoms with Gasteiger partial charge in [0.05, 0.1) is 16.6 Å². The summed E-state index contributed by atoms with van der Waals surface area (Å²) in [6.45, 7) is 3.57. The Labute approximate surface area is 184 Å². The van der Waals surface area contributed by atoms with Gasteiger partial charge in [0.15, 0.2) is 17.3 Å². The Balaban J connectivity index is 1.74. The molecular formula is C21H25N7O4. The van der Waals surface area contributed by atoms with Crippen LogP contribution in [0.2, 0.25) is 0 Å². The molecule has 1 aliphatic rings. The van der Waals surface area contributed by atoms with E-state index in [-0.39, 0.29) is 12.5 Å². The van der Waals surface area contributed by atoms with Crippen molar-refractivity contribution < 1.29 is 14.4 Å². The number of ether oxygens (including phenoxy) is 2. The SMILES string of the molecule is CCCCn1nnnc1C(NCc1cccc(CN)c1)c1cc2c(cc1[N+](=O)[O-])OCO2. The maximum absolute atomic E-state index is 11.9. The summed E-state index contributed by atoms with van der Waals surface area (Å²) in [5.74, 6) is 1.30. The van der Waals surface area contributed by atoms with Crippen LogP contribution in [0.25, 0.3) is 0 Å². The van der Waals surface area contributed by atoms with Gasteiger partial charge >= 0.3 is 0 Å². The van der Waals surface area contributed by atoms with Crippen LogP contribution in [-0.4, -0.2) is 31.9 Å². The van der Waals surface area contributed by atoms with Crippen molar-refractivity contribution in [1.82, 2.24) is 25.5 Å². The fraction of sp³-hybridized carbons (Fsp3) is 0.381. The van der Waals surface area contributed by atoms with E-state index in [1.165, 1.54) is 6.07 Å². The van der Waals surface area contributed by atoms with Crippen molar-refractivity contribution in [3.8, 4) is 11.5 Å². The minimum Gasteiger partial charge on any atom is -0.454 e. The molecule has 1 aliphatic heterocycles. The third-order valence-electron chi connectivity index (χ3n) is 5.31. The van der Waals surface area contributed by atoms with Crippen LogP contribution in [0.4, 0.5) is 5.69 Å². The van der Waals surface area contributed by atoms with E-state index in [0.29, 0.717) is 42.5 Å². The zero-order valence-electron chi connectivity index (χ0n) is 17.7. The molecule has 1 aromatic heterocycles. The van der Waals surface area contributed by atoms with Gasteiger partial charge in [-0.15, -0.1) is 5.10 Å². The number of nitrogens with zero attached hydrogens (tertiary/aromatic N) is 5. The maximum atomic E-state index is 11.9. The Morgan fingerprint density at radius 2 is 2.03 bits per heavy atom. The van der Waals surface area contributed by atoms with Gasteiger partial charge in [0.2, 0.25) is 6.79 Å². The number of nitro groups is 1. The topological polar surface area (TPSA) is 143 Å².